The molecule has 1 aromatic rings. The number of benzene rings is 1. The summed E-state index contributed by atoms with van der Waals surface area (Å²) in [5, 5.41) is 0. The van der Waals surface area contributed by atoms with Crippen LogP contribution in [0.4, 0.5) is 0 Å². The molecule has 0 aliphatic carbocycles. The Hall–Kier alpha value is 0.0200. The Balaban J connectivity index is 0. The molecule has 1 nitrogen and oxygen atoms in total. The molecule has 0 atom stereocenters. The Bertz CT molecular complexity index is 218. The van der Waals surface area contributed by atoms with Gasteiger partial charge in [-0.15, -0.1) is 0 Å². The summed E-state index contributed by atoms with van der Waals surface area (Å²) in [4.78, 5) is 0. The molecule has 54 valence electrons. The Labute approximate surface area is 92.0 Å². The minimum atomic E-state index is 0. The topological polar surface area (TPSA) is 9.23 Å². The van der Waals surface area contributed by atoms with Gasteiger partial charge in [0.25, 0.3) is 0 Å². The standard InChI is InChI=1S/C9H10O.Na.H/c1-2-6-9-8(4-1)5-3-7-10-9;;/h1-2,4,6H,3,5,7H2;;/q;+1;-1/p+1. The van der Waals surface area contributed by atoms with Crippen LogP contribution in [0.2, 0.25) is 0 Å². The Kier molecular flexibility index (Phi) is 3.44. The second-order valence-corrected chi connectivity index (χ2v) is 2.56. The smallest absolute Gasteiger partial charge is 1.00 e. The number of para-hydroxylation sites is 1. The first-order valence-electron chi connectivity index (χ1n) is 3.67. The van der Waals surface area contributed by atoms with E-state index in [0.29, 0.717) is 0 Å². The molecule has 0 fully saturated rings. The first kappa shape index (κ1) is 9.11. The molecule has 0 N–H and O–H groups in total. The van der Waals surface area contributed by atoms with Crippen molar-refractivity contribution >= 4 is 0 Å². The number of fused-ring (bicyclic) bond motifs is 1. The van der Waals surface area contributed by atoms with E-state index in [-0.39, 0.29) is 32.4 Å². The minimum Gasteiger partial charge on any atom is -1.00 e. The number of ether oxygens (including phenoxy) is 1. The van der Waals surface area contributed by atoms with Crippen molar-refractivity contribution in [2.24, 2.45) is 0 Å². The van der Waals surface area contributed by atoms with E-state index in [9.17, 15) is 0 Å². The number of rotatable bonds is 0. The van der Waals surface area contributed by atoms with E-state index in [1.54, 1.807) is 0 Å². The zero-order chi connectivity index (χ0) is 6.81. The van der Waals surface area contributed by atoms with E-state index in [2.05, 4.69) is 12.1 Å². The predicted molar refractivity (Wildman–Crippen MR) is 42.5 cm³/mol. The predicted octanol–water partition coefficient (Wildman–Crippen LogP) is -0.759. The second kappa shape index (κ2) is 4.15. The number of hydrogen-bond acceptors (Lipinski definition) is 1. The van der Waals surface area contributed by atoms with Crippen molar-refractivity contribution in [3.63, 3.8) is 0 Å². The van der Waals surface area contributed by atoms with Crippen LogP contribution in [0, 0.1) is 0 Å². The van der Waals surface area contributed by atoms with E-state index in [1.807, 2.05) is 12.1 Å². The monoisotopic (exact) mass is 159 g/mol. The van der Waals surface area contributed by atoms with Gasteiger partial charge in [-0.3, -0.25) is 0 Å². The quantitative estimate of drug-likeness (QED) is 0.452. The molecule has 0 saturated heterocycles. The molecule has 1 heterocycles. The fourth-order valence-corrected chi connectivity index (χ4v) is 1.30. The van der Waals surface area contributed by atoms with E-state index >= 15 is 0 Å². The first-order chi connectivity index (χ1) is 4.97. The van der Waals surface area contributed by atoms with Crippen molar-refractivity contribution in [2.75, 3.05) is 6.61 Å². The summed E-state index contributed by atoms with van der Waals surface area (Å²) in [6.07, 6.45) is 2.34. The van der Waals surface area contributed by atoms with E-state index in [1.165, 1.54) is 12.0 Å². The number of hydrogen-bond donors (Lipinski definition) is 0. The molecule has 1 aliphatic heterocycles. The van der Waals surface area contributed by atoms with Crippen molar-refractivity contribution in [3.8, 4) is 5.75 Å². The van der Waals surface area contributed by atoms with Gasteiger partial charge in [0.05, 0.1) is 6.61 Å². The summed E-state index contributed by atoms with van der Waals surface area (Å²) in [7, 11) is 0. The fourth-order valence-electron chi connectivity index (χ4n) is 1.30. The number of aryl methyl sites for hydroxylation is 1. The van der Waals surface area contributed by atoms with E-state index < -0.39 is 0 Å². The van der Waals surface area contributed by atoms with Gasteiger partial charge in [0.15, 0.2) is 0 Å². The van der Waals surface area contributed by atoms with Gasteiger partial charge in [-0.05, 0) is 24.5 Å². The molecular weight excluding hydrogens is 147 g/mol. The van der Waals surface area contributed by atoms with Crippen LogP contribution < -0.4 is 34.3 Å². The summed E-state index contributed by atoms with van der Waals surface area (Å²) >= 11 is 0. The maximum atomic E-state index is 5.42. The zero-order valence-electron chi connectivity index (χ0n) is 8.84. The van der Waals surface area contributed by atoms with Crippen LogP contribution in [0.1, 0.15) is 14.8 Å². The van der Waals surface area contributed by atoms with Crippen LogP contribution in [0.15, 0.2) is 24.3 Å². The average Bonchev–Trinajstić information content (AvgIpc) is 2.05. The normalized spacial score (nSPS) is 14.2. The molecule has 0 unspecified atom stereocenters. The van der Waals surface area contributed by atoms with Gasteiger partial charge in [-0.25, -0.2) is 0 Å². The van der Waals surface area contributed by atoms with Crippen molar-refractivity contribution in [2.45, 2.75) is 12.8 Å². The van der Waals surface area contributed by atoms with Crippen LogP contribution >= 0.6 is 0 Å². The van der Waals surface area contributed by atoms with Gasteiger partial charge in [-0.1, -0.05) is 18.2 Å². The molecular formula is C9H12NaO+. The Morgan fingerprint density at radius 3 is 3.00 bits per heavy atom. The van der Waals surface area contributed by atoms with Crippen LogP contribution in [0.5, 0.6) is 5.75 Å². The molecule has 1 aliphatic rings. The molecule has 1 aromatic carbocycles. The zero-order valence-corrected chi connectivity index (χ0v) is 8.84. The first-order valence-corrected chi connectivity index (χ1v) is 3.67. The average molecular weight is 159 g/mol. The third kappa shape index (κ3) is 1.98. The van der Waals surface area contributed by atoms with Crippen LogP contribution in [0.25, 0.3) is 0 Å². The SMILES string of the molecule is [H+].[H-].[Na+].c1ccc2c(c1)CCCO2. The Morgan fingerprint density at radius 2 is 2.18 bits per heavy atom. The van der Waals surface area contributed by atoms with Gasteiger partial charge in [0, 0.05) is 0 Å². The van der Waals surface area contributed by atoms with Gasteiger partial charge in [-0.2, -0.15) is 0 Å². The second-order valence-electron chi connectivity index (χ2n) is 2.56. The largest absolute Gasteiger partial charge is 1.00 e. The molecule has 0 saturated carbocycles. The molecule has 0 amide bonds. The molecule has 0 radical (unpaired) electrons. The van der Waals surface area contributed by atoms with Gasteiger partial charge in [0.1, 0.15) is 5.75 Å². The molecule has 0 spiro atoms. The third-order valence-electron chi connectivity index (χ3n) is 1.82. The maximum Gasteiger partial charge on any atom is 1.00 e. The van der Waals surface area contributed by atoms with Gasteiger partial charge in [0.2, 0.25) is 0 Å². The summed E-state index contributed by atoms with van der Waals surface area (Å²) in [6, 6.07) is 8.25. The molecule has 0 bridgehead atoms. The fraction of sp³-hybridized carbons (Fsp3) is 0.333. The van der Waals surface area contributed by atoms with Crippen LogP contribution in [-0.2, 0) is 6.42 Å². The van der Waals surface area contributed by atoms with Crippen molar-refractivity contribution < 1.29 is 37.1 Å². The molecule has 2 rings (SSSR count). The van der Waals surface area contributed by atoms with Crippen molar-refractivity contribution in [1.82, 2.24) is 0 Å². The summed E-state index contributed by atoms with van der Waals surface area (Å²) in [5.41, 5.74) is 1.36. The third-order valence-corrected chi connectivity index (χ3v) is 1.82. The summed E-state index contributed by atoms with van der Waals surface area (Å²) in [6.45, 7) is 0.886. The van der Waals surface area contributed by atoms with Crippen molar-refractivity contribution in [3.05, 3.63) is 29.8 Å². The Morgan fingerprint density at radius 1 is 1.36 bits per heavy atom. The van der Waals surface area contributed by atoms with Crippen molar-refractivity contribution in [1.29, 1.82) is 0 Å². The molecule has 0 aromatic heterocycles. The summed E-state index contributed by atoms with van der Waals surface area (Å²) < 4.78 is 5.42. The summed E-state index contributed by atoms with van der Waals surface area (Å²) in [5.74, 6) is 1.08. The van der Waals surface area contributed by atoms with Crippen LogP contribution in [0.3, 0.4) is 0 Å². The van der Waals surface area contributed by atoms with Crippen LogP contribution in [-0.4, -0.2) is 6.61 Å². The van der Waals surface area contributed by atoms with E-state index in [4.69, 9.17) is 4.74 Å². The molecule has 11 heavy (non-hydrogen) atoms. The minimum absolute atomic E-state index is 0. The van der Waals surface area contributed by atoms with Gasteiger partial charge >= 0.3 is 31.0 Å². The van der Waals surface area contributed by atoms with Gasteiger partial charge < -0.3 is 6.16 Å². The maximum absolute atomic E-state index is 5.42. The van der Waals surface area contributed by atoms with E-state index in [0.717, 1.165) is 18.8 Å². The molecule has 2 heteroatoms.